The van der Waals surface area contributed by atoms with Crippen molar-refractivity contribution in [1.29, 1.82) is 0 Å². The number of benzene rings is 1. The molecule has 2 aromatic rings. The van der Waals surface area contributed by atoms with E-state index in [1.54, 1.807) is 6.92 Å². The maximum absolute atomic E-state index is 13.3. The van der Waals surface area contributed by atoms with Gasteiger partial charge in [-0.2, -0.15) is 0 Å². The standard InChI is InChI=1S/C22H27F5N4O4S/c1-13(15-5-4-6-16(9-15)36(23,24,25,26)27)28-20-19(21-34-7-8-35-21)17(29-14(2)30-20)10-18(32)31-22(3)11-33-12-22/h4-6,9,13,21H,7-8,10-12H2,1-3H3,(H,31,32)(H,28,29,30). The number of ether oxygens (including phenoxy) is 3. The average molecular weight is 539 g/mol. The highest BCUT2D eigenvalue weighted by Gasteiger charge is 2.65. The third-order valence-corrected chi connectivity index (χ3v) is 6.91. The molecule has 14 heteroatoms. The lowest BCUT2D eigenvalue weighted by Crippen LogP contribution is -2.60. The second kappa shape index (κ2) is 8.50. The van der Waals surface area contributed by atoms with Crippen LogP contribution >= 0.6 is 10.2 Å². The summed E-state index contributed by atoms with van der Waals surface area (Å²) in [5, 5.41) is 5.86. The molecule has 1 aromatic carbocycles. The second-order valence-corrected chi connectivity index (χ2v) is 11.6. The van der Waals surface area contributed by atoms with Crippen molar-refractivity contribution in [3.63, 3.8) is 0 Å². The first-order valence-electron chi connectivity index (χ1n) is 11.1. The SMILES string of the molecule is Cc1nc(CC(=O)NC2(C)COC2)c(C2OCCO2)c(NC(C)c2cccc(S(F)(F)(F)(F)F)c2)n1. The fourth-order valence-corrected chi connectivity index (χ4v) is 4.68. The normalized spacial score (nSPS) is 20.7. The van der Waals surface area contributed by atoms with Gasteiger partial charge in [-0.25, -0.2) is 9.97 Å². The number of nitrogens with zero attached hydrogens (tertiary/aromatic N) is 2. The quantitative estimate of drug-likeness (QED) is 0.451. The maximum atomic E-state index is 13.3. The first kappa shape index (κ1) is 26.5. The Kier molecular flexibility index (Phi) is 6.26. The topological polar surface area (TPSA) is 94.6 Å². The number of anilines is 1. The van der Waals surface area contributed by atoms with Crippen molar-refractivity contribution in [3.05, 3.63) is 46.9 Å². The fourth-order valence-electron chi connectivity index (χ4n) is 3.98. The highest BCUT2D eigenvalue weighted by Crippen LogP contribution is 3.02. The molecule has 0 bridgehead atoms. The van der Waals surface area contributed by atoms with Gasteiger partial charge in [-0.3, -0.25) is 4.79 Å². The van der Waals surface area contributed by atoms with E-state index in [4.69, 9.17) is 14.2 Å². The summed E-state index contributed by atoms with van der Waals surface area (Å²) in [6.45, 7) is 6.26. The lowest BCUT2D eigenvalue weighted by Gasteiger charge is -2.40. The van der Waals surface area contributed by atoms with Crippen LogP contribution in [0.1, 0.15) is 48.8 Å². The molecule has 2 aliphatic heterocycles. The smallest absolute Gasteiger partial charge is 0.310 e. The zero-order chi connectivity index (χ0) is 26.4. The Morgan fingerprint density at radius 1 is 1.17 bits per heavy atom. The molecule has 0 saturated carbocycles. The van der Waals surface area contributed by atoms with Gasteiger partial charge in [0.05, 0.1) is 49.6 Å². The Balaban J connectivity index is 1.65. The van der Waals surface area contributed by atoms with E-state index in [-0.39, 0.29) is 42.7 Å². The number of hydrogen-bond donors (Lipinski definition) is 2. The molecule has 0 radical (unpaired) electrons. The Morgan fingerprint density at radius 2 is 1.83 bits per heavy atom. The molecule has 2 fully saturated rings. The number of rotatable bonds is 8. The average Bonchev–Trinajstić information content (AvgIpc) is 3.25. The molecule has 3 heterocycles. The number of nitrogens with one attached hydrogen (secondary N) is 2. The molecule has 4 rings (SSSR count). The van der Waals surface area contributed by atoms with Gasteiger partial charge >= 0.3 is 10.2 Å². The van der Waals surface area contributed by atoms with Crippen LogP contribution in [0.25, 0.3) is 0 Å². The monoisotopic (exact) mass is 538 g/mol. The minimum atomic E-state index is -9.85. The van der Waals surface area contributed by atoms with Crippen LogP contribution in [0, 0.1) is 6.92 Å². The molecule has 1 amide bonds. The molecule has 0 spiro atoms. The zero-order valence-corrected chi connectivity index (χ0v) is 20.6. The number of halogens is 5. The third-order valence-electron chi connectivity index (χ3n) is 5.76. The van der Waals surface area contributed by atoms with Crippen LogP contribution < -0.4 is 10.6 Å². The van der Waals surface area contributed by atoms with Crippen molar-refractivity contribution >= 4 is 21.9 Å². The summed E-state index contributed by atoms with van der Waals surface area (Å²) in [5.41, 5.74) is 0.113. The van der Waals surface area contributed by atoms with Crippen LogP contribution in [0.2, 0.25) is 0 Å². The molecule has 8 nitrogen and oxygen atoms in total. The van der Waals surface area contributed by atoms with Crippen LogP contribution in [0.3, 0.4) is 0 Å². The Hall–Kier alpha value is -2.55. The van der Waals surface area contributed by atoms with Gasteiger partial charge in [0, 0.05) is 6.04 Å². The van der Waals surface area contributed by atoms with Crippen molar-refractivity contribution in [2.45, 2.75) is 50.0 Å². The summed E-state index contributed by atoms with van der Waals surface area (Å²) in [7, 11) is -9.85. The predicted molar refractivity (Wildman–Crippen MR) is 122 cm³/mol. The number of carbonyl (C=O) groups is 1. The summed E-state index contributed by atoms with van der Waals surface area (Å²) in [4.78, 5) is 19.5. The number of aryl methyl sites for hydroxylation is 1. The minimum Gasteiger partial charge on any atom is -0.376 e. The van der Waals surface area contributed by atoms with Crippen LogP contribution in [-0.4, -0.2) is 47.8 Å². The highest BCUT2D eigenvalue weighted by molar-refractivity contribution is 8.45. The van der Waals surface area contributed by atoms with Gasteiger partial charge in [0.1, 0.15) is 16.5 Å². The van der Waals surface area contributed by atoms with Gasteiger partial charge in [0.25, 0.3) is 0 Å². The molecule has 2 N–H and O–H groups in total. The molecule has 1 aromatic heterocycles. The lowest BCUT2D eigenvalue weighted by molar-refractivity contribution is -0.130. The predicted octanol–water partition coefficient (Wildman–Crippen LogP) is 5.11. The van der Waals surface area contributed by atoms with Gasteiger partial charge in [0.2, 0.25) is 5.91 Å². The number of amides is 1. The van der Waals surface area contributed by atoms with E-state index in [0.29, 0.717) is 36.6 Å². The van der Waals surface area contributed by atoms with Crippen molar-refractivity contribution in [2.24, 2.45) is 0 Å². The van der Waals surface area contributed by atoms with Gasteiger partial charge in [-0.05, 0) is 38.5 Å². The van der Waals surface area contributed by atoms with Gasteiger partial charge < -0.3 is 24.8 Å². The van der Waals surface area contributed by atoms with E-state index < -0.39 is 33.0 Å². The number of carbonyl (C=O) groups excluding carboxylic acids is 1. The summed E-state index contributed by atoms with van der Waals surface area (Å²) < 4.78 is 83.1. The molecular formula is C22H27F5N4O4S. The molecule has 0 aliphatic carbocycles. The van der Waals surface area contributed by atoms with Crippen molar-refractivity contribution in [1.82, 2.24) is 15.3 Å². The summed E-state index contributed by atoms with van der Waals surface area (Å²) in [6, 6.07) is 2.13. The molecule has 2 saturated heterocycles. The van der Waals surface area contributed by atoms with E-state index in [0.717, 1.165) is 6.07 Å². The molecule has 36 heavy (non-hydrogen) atoms. The minimum absolute atomic E-state index is 0.0339. The van der Waals surface area contributed by atoms with Crippen molar-refractivity contribution in [2.75, 3.05) is 31.7 Å². The lowest BCUT2D eigenvalue weighted by atomic mass is 10.00. The first-order chi connectivity index (χ1) is 16.5. The van der Waals surface area contributed by atoms with Crippen LogP contribution in [0.15, 0.2) is 29.2 Å². The molecule has 200 valence electrons. The van der Waals surface area contributed by atoms with Gasteiger partial charge in [-0.1, -0.05) is 31.6 Å². The molecular weight excluding hydrogens is 511 g/mol. The van der Waals surface area contributed by atoms with E-state index in [1.165, 1.54) is 13.0 Å². The van der Waals surface area contributed by atoms with Crippen molar-refractivity contribution in [3.8, 4) is 0 Å². The van der Waals surface area contributed by atoms with E-state index in [9.17, 15) is 24.2 Å². The van der Waals surface area contributed by atoms with Crippen LogP contribution in [-0.2, 0) is 25.4 Å². The van der Waals surface area contributed by atoms with Gasteiger partial charge in [0.15, 0.2) is 6.29 Å². The summed E-state index contributed by atoms with van der Waals surface area (Å²) in [6.07, 6.45) is -1.05. The third kappa shape index (κ3) is 6.05. The second-order valence-electron chi connectivity index (χ2n) is 9.24. The summed E-state index contributed by atoms with van der Waals surface area (Å²) >= 11 is 0. The van der Waals surface area contributed by atoms with Gasteiger partial charge in [-0.15, -0.1) is 0 Å². The Morgan fingerprint density at radius 3 is 2.42 bits per heavy atom. The molecule has 2 aliphatic rings. The first-order valence-corrected chi connectivity index (χ1v) is 13.1. The largest absolute Gasteiger partial charge is 0.376 e. The number of aromatic nitrogens is 2. The Bertz CT molecular complexity index is 1170. The molecule has 1 unspecified atom stereocenters. The van der Waals surface area contributed by atoms with E-state index in [1.807, 2.05) is 6.92 Å². The van der Waals surface area contributed by atoms with E-state index in [2.05, 4.69) is 20.6 Å². The highest BCUT2D eigenvalue weighted by atomic mass is 32.5. The Labute approximate surface area is 204 Å². The zero-order valence-electron chi connectivity index (χ0n) is 19.8. The van der Waals surface area contributed by atoms with Crippen molar-refractivity contribution < 1.29 is 38.4 Å². The maximum Gasteiger partial charge on any atom is 0.310 e. The van der Waals surface area contributed by atoms with Crippen LogP contribution in [0.4, 0.5) is 25.2 Å². The van der Waals surface area contributed by atoms with Crippen LogP contribution in [0.5, 0.6) is 0 Å². The summed E-state index contributed by atoms with van der Waals surface area (Å²) in [5.74, 6) is 0.134. The van der Waals surface area contributed by atoms with E-state index >= 15 is 0 Å². The molecule has 1 atom stereocenters. The fraction of sp³-hybridized carbons (Fsp3) is 0.500. The number of hydrogen-bond acceptors (Lipinski definition) is 7.